The second-order valence-electron chi connectivity index (χ2n) is 6.95. The summed E-state index contributed by atoms with van der Waals surface area (Å²) >= 11 is 1.46. The van der Waals surface area contributed by atoms with Gasteiger partial charge in [0.05, 0.1) is 25.3 Å². The van der Waals surface area contributed by atoms with E-state index in [1.807, 2.05) is 0 Å². The Morgan fingerprint density at radius 2 is 2.12 bits per heavy atom. The number of amides is 2. The van der Waals surface area contributed by atoms with Gasteiger partial charge in [0.2, 0.25) is 0 Å². The van der Waals surface area contributed by atoms with Crippen LogP contribution in [0.5, 0.6) is 0 Å². The van der Waals surface area contributed by atoms with Gasteiger partial charge in [0.25, 0.3) is 11.8 Å². The fourth-order valence-electron chi connectivity index (χ4n) is 3.92. The number of nitrogens with two attached hydrogens (primary N) is 1. The van der Waals surface area contributed by atoms with Gasteiger partial charge in [-0.3, -0.25) is 14.4 Å². The van der Waals surface area contributed by atoms with Crippen molar-refractivity contribution in [2.24, 2.45) is 11.7 Å². The molecule has 0 saturated carbocycles. The minimum absolute atomic E-state index is 0.141. The smallest absolute Gasteiger partial charge is 0.314 e. The van der Waals surface area contributed by atoms with Crippen molar-refractivity contribution in [2.75, 3.05) is 31.6 Å². The summed E-state index contributed by atoms with van der Waals surface area (Å²) in [5.41, 5.74) is 7.02. The Morgan fingerprint density at radius 1 is 1.31 bits per heavy atom. The lowest BCUT2D eigenvalue weighted by atomic mass is 9.98. The molecule has 1 aliphatic carbocycles. The van der Waals surface area contributed by atoms with E-state index < -0.39 is 5.91 Å². The molecule has 8 heteroatoms. The van der Waals surface area contributed by atoms with Crippen LogP contribution in [0.3, 0.4) is 0 Å². The zero-order chi connectivity index (χ0) is 18.7. The number of primary amides is 1. The van der Waals surface area contributed by atoms with E-state index in [1.165, 1.54) is 11.3 Å². The Morgan fingerprint density at radius 3 is 2.85 bits per heavy atom. The van der Waals surface area contributed by atoms with Gasteiger partial charge in [-0.2, -0.15) is 0 Å². The first-order valence-corrected chi connectivity index (χ1v) is 10.1. The number of esters is 1. The molecule has 0 aromatic carbocycles. The van der Waals surface area contributed by atoms with E-state index in [2.05, 4.69) is 5.32 Å². The fraction of sp³-hybridized carbons (Fsp3) is 0.611. The molecule has 0 bridgehead atoms. The van der Waals surface area contributed by atoms with Crippen molar-refractivity contribution in [3.05, 3.63) is 16.0 Å². The summed E-state index contributed by atoms with van der Waals surface area (Å²) in [5, 5.41) is 3.45. The van der Waals surface area contributed by atoms with Crippen molar-refractivity contribution in [2.45, 2.75) is 39.0 Å². The first-order valence-electron chi connectivity index (χ1n) is 9.24. The lowest BCUT2D eigenvalue weighted by molar-refractivity contribution is -0.899. The highest BCUT2D eigenvalue weighted by Crippen LogP contribution is 2.38. The third-order valence-electron chi connectivity index (χ3n) is 5.07. The molecule has 4 N–H and O–H groups in total. The molecule has 1 aromatic rings. The highest BCUT2D eigenvalue weighted by Gasteiger charge is 2.31. The third-order valence-corrected chi connectivity index (χ3v) is 6.28. The van der Waals surface area contributed by atoms with Crippen molar-refractivity contribution in [1.82, 2.24) is 0 Å². The number of ether oxygens (including phenoxy) is 1. The summed E-state index contributed by atoms with van der Waals surface area (Å²) in [5.74, 6) is -0.937. The van der Waals surface area contributed by atoms with E-state index in [0.29, 0.717) is 23.7 Å². The number of likely N-dealkylation sites (tertiary alicyclic amines) is 1. The summed E-state index contributed by atoms with van der Waals surface area (Å²) < 4.78 is 5.10. The third kappa shape index (κ3) is 4.07. The van der Waals surface area contributed by atoms with E-state index >= 15 is 0 Å². The van der Waals surface area contributed by atoms with E-state index in [1.54, 1.807) is 6.92 Å². The monoisotopic (exact) mass is 380 g/mol. The maximum atomic E-state index is 12.5. The lowest BCUT2D eigenvalue weighted by Crippen LogP contribution is -3.14. The highest BCUT2D eigenvalue weighted by atomic mass is 32.1. The van der Waals surface area contributed by atoms with Gasteiger partial charge in [-0.15, -0.1) is 11.3 Å². The number of quaternary nitrogens is 1. The van der Waals surface area contributed by atoms with Crippen molar-refractivity contribution in [3.8, 4) is 0 Å². The molecule has 1 unspecified atom stereocenters. The largest absolute Gasteiger partial charge is 0.466 e. The number of aryl methyl sites for hydroxylation is 1. The molecular weight excluding hydrogens is 354 g/mol. The summed E-state index contributed by atoms with van der Waals surface area (Å²) in [7, 11) is 0. The first-order chi connectivity index (χ1) is 12.5. The van der Waals surface area contributed by atoms with E-state index in [9.17, 15) is 14.4 Å². The number of carbonyl (C=O) groups excluding carboxylic acids is 3. The summed E-state index contributed by atoms with van der Waals surface area (Å²) in [4.78, 5) is 38.5. The SMILES string of the molecule is CCOC(=O)[C@@H]1CCC[NH+](CC(=O)Nc2sc3c(c2C(N)=O)CCC3)C1. The van der Waals surface area contributed by atoms with Crippen LogP contribution < -0.4 is 16.0 Å². The molecule has 3 rings (SSSR count). The standard InChI is InChI=1S/C18H25N3O4S/c1-2-25-18(24)11-5-4-8-21(9-11)10-14(22)20-17-15(16(19)23)12-6-3-7-13(12)26-17/h11H,2-10H2,1H3,(H2,19,23)(H,20,22)/p+1/t11-/m1/s1. The molecule has 2 amide bonds. The van der Waals surface area contributed by atoms with Crippen molar-refractivity contribution in [3.63, 3.8) is 0 Å². The number of nitrogens with one attached hydrogen (secondary N) is 2. The average Bonchev–Trinajstić information content (AvgIpc) is 3.15. The van der Waals surface area contributed by atoms with Crippen molar-refractivity contribution >= 4 is 34.1 Å². The van der Waals surface area contributed by atoms with Gasteiger partial charge >= 0.3 is 5.97 Å². The second kappa shape index (κ2) is 8.18. The zero-order valence-corrected chi connectivity index (χ0v) is 15.9. The highest BCUT2D eigenvalue weighted by molar-refractivity contribution is 7.17. The first kappa shape index (κ1) is 18.8. The van der Waals surface area contributed by atoms with Gasteiger partial charge in [0.1, 0.15) is 10.9 Å². The Labute approximate surface area is 156 Å². The number of fused-ring (bicyclic) bond motifs is 1. The minimum atomic E-state index is -0.479. The van der Waals surface area contributed by atoms with Crippen LogP contribution in [-0.2, 0) is 27.2 Å². The van der Waals surface area contributed by atoms with Gasteiger partial charge in [-0.25, -0.2) is 0 Å². The van der Waals surface area contributed by atoms with E-state index in [4.69, 9.17) is 10.5 Å². The quantitative estimate of drug-likeness (QED) is 0.611. The predicted octanol–water partition coefficient (Wildman–Crippen LogP) is 0.132. The van der Waals surface area contributed by atoms with Crippen molar-refractivity contribution in [1.29, 1.82) is 0 Å². The molecule has 7 nitrogen and oxygen atoms in total. The zero-order valence-electron chi connectivity index (χ0n) is 15.1. The Balaban J connectivity index is 1.61. The van der Waals surface area contributed by atoms with Crippen LogP contribution in [-0.4, -0.2) is 44.0 Å². The van der Waals surface area contributed by atoms with Crippen LogP contribution in [0.25, 0.3) is 0 Å². The lowest BCUT2D eigenvalue weighted by Gasteiger charge is -2.28. The van der Waals surface area contributed by atoms with Crippen LogP contribution in [0, 0.1) is 5.92 Å². The van der Waals surface area contributed by atoms with Gasteiger partial charge < -0.3 is 20.7 Å². The van der Waals surface area contributed by atoms with Gasteiger partial charge in [-0.1, -0.05) is 0 Å². The van der Waals surface area contributed by atoms with E-state index in [-0.39, 0.29) is 24.3 Å². The number of hydrogen-bond acceptors (Lipinski definition) is 5. The Kier molecular flexibility index (Phi) is 5.93. The molecule has 1 fully saturated rings. The molecule has 142 valence electrons. The summed E-state index contributed by atoms with van der Waals surface area (Å²) in [6.45, 7) is 3.91. The predicted molar refractivity (Wildman–Crippen MR) is 98.4 cm³/mol. The molecule has 1 aliphatic heterocycles. The molecule has 0 radical (unpaired) electrons. The van der Waals surface area contributed by atoms with Crippen molar-refractivity contribution < 1.29 is 24.0 Å². The van der Waals surface area contributed by atoms with Crippen LogP contribution >= 0.6 is 11.3 Å². The topological polar surface area (TPSA) is 103 Å². The molecule has 26 heavy (non-hydrogen) atoms. The fourth-order valence-corrected chi connectivity index (χ4v) is 5.23. The number of rotatable bonds is 6. The van der Waals surface area contributed by atoms with Gasteiger partial charge in [-0.05, 0) is 44.6 Å². The molecule has 2 atom stereocenters. The van der Waals surface area contributed by atoms with Crippen LogP contribution in [0.2, 0.25) is 0 Å². The molecule has 2 heterocycles. The number of hydrogen-bond donors (Lipinski definition) is 3. The van der Waals surface area contributed by atoms with Gasteiger partial charge in [0, 0.05) is 4.88 Å². The average molecular weight is 380 g/mol. The Hall–Kier alpha value is -1.93. The van der Waals surface area contributed by atoms with Gasteiger partial charge in [0.15, 0.2) is 6.54 Å². The maximum absolute atomic E-state index is 12.5. The normalized spacial score (nSPS) is 21.9. The summed E-state index contributed by atoms with van der Waals surface area (Å²) in [6, 6.07) is 0. The van der Waals surface area contributed by atoms with E-state index in [0.717, 1.165) is 54.0 Å². The molecule has 1 saturated heterocycles. The molecule has 2 aliphatic rings. The number of carbonyl (C=O) groups is 3. The molecule has 1 aromatic heterocycles. The van der Waals surface area contributed by atoms with Crippen LogP contribution in [0.15, 0.2) is 0 Å². The van der Waals surface area contributed by atoms with Crippen LogP contribution in [0.1, 0.15) is 47.0 Å². The number of piperidine rings is 1. The Bertz CT molecular complexity index is 716. The molecule has 0 spiro atoms. The molecular formula is C18H26N3O4S+. The summed E-state index contributed by atoms with van der Waals surface area (Å²) in [6.07, 6.45) is 4.52. The minimum Gasteiger partial charge on any atom is -0.466 e. The second-order valence-corrected chi connectivity index (χ2v) is 8.05. The maximum Gasteiger partial charge on any atom is 0.314 e. The van der Waals surface area contributed by atoms with Crippen LogP contribution in [0.4, 0.5) is 5.00 Å². The number of thiophene rings is 1. The number of anilines is 1.